The zero-order valence-electron chi connectivity index (χ0n) is 39.3. The van der Waals surface area contributed by atoms with E-state index in [1.165, 1.54) is 0 Å². The topological polar surface area (TPSA) is 156 Å². The van der Waals surface area contributed by atoms with Crippen LogP contribution < -0.4 is 20.5 Å². The first-order valence-corrected chi connectivity index (χ1v) is 22.0. The minimum atomic E-state index is -0.947. The number of anilines is 2. The molecule has 12 heteroatoms. The smallest absolute Gasteiger partial charge is 0.410 e. The number of fused-ring (bicyclic) bond motifs is 2. The van der Waals surface area contributed by atoms with Gasteiger partial charge in [-0.2, -0.15) is 0 Å². The van der Waals surface area contributed by atoms with Crippen molar-refractivity contribution in [3.8, 4) is 11.5 Å². The van der Waals surface area contributed by atoms with Crippen molar-refractivity contribution < 1.29 is 38.7 Å². The van der Waals surface area contributed by atoms with Gasteiger partial charge in [0, 0.05) is 53.8 Å². The van der Waals surface area contributed by atoms with Crippen LogP contribution in [0.25, 0.3) is 0 Å². The number of rotatable bonds is 10. The number of hydrogen-bond donors (Lipinski definition) is 4. The van der Waals surface area contributed by atoms with Crippen LogP contribution in [0.4, 0.5) is 21.0 Å². The Hall–Kier alpha value is -5.46. The second kappa shape index (κ2) is 19.5. The molecule has 2 aliphatic heterocycles. The number of aliphatic hydroxyl groups excluding tert-OH is 2. The molecule has 2 aliphatic rings. The van der Waals surface area contributed by atoms with Crippen LogP contribution >= 0.6 is 0 Å². The Morgan fingerprint density at radius 3 is 1.46 bits per heavy atom. The summed E-state index contributed by atoms with van der Waals surface area (Å²) in [6.45, 7) is 23.3. The van der Waals surface area contributed by atoms with E-state index in [4.69, 9.17) is 24.7 Å². The maximum absolute atomic E-state index is 13.4. The van der Waals surface area contributed by atoms with Gasteiger partial charge in [-0.25, -0.2) is 9.59 Å². The molecule has 63 heavy (non-hydrogen) atoms. The number of carbonyl (C=O) groups is 2. The van der Waals surface area contributed by atoms with E-state index in [-0.39, 0.29) is 6.04 Å². The maximum atomic E-state index is 13.4. The van der Waals surface area contributed by atoms with E-state index in [2.05, 4.69) is 19.2 Å². The number of carbonyl (C=O) groups excluding carboxylic acids is 2. The minimum Gasteiger partial charge on any atom is -0.485 e. The lowest BCUT2D eigenvalue weighted by atomic mass is 9.85. The molecule has 0 saturated heterocycles. The van der Waals surface area contributed by atoms with Gasteiger partial charge in [0.1, 0.15) is 46.1 Å². The van der Waals surface area contributed by atoms with Gasteiger partial charge < -0.3 is 40.2 Å². The summed E-state index contributed by atoms with van der Waals surface area (Å²) < 4.78 is 23.7. The lowest BCUT2D eigenvalue weighted by Gasteiger charge is -2.46. The van der Waals surface area contributed by atoms with Gasteiger partial charge in [0.15, 0.2) is 0 Å². The highest BCUT2D eigenvalue weighted by atomic mass is 16.6. The third-order valence-electron chi connectivity index (χ3n) is 10.8. The number of nitrogens with two attached hydrogens (primary N) is 1. The molecule has 5 N–H and O–H groups in total. The summed E-state index contributed by atoms with van der Waals surface area (Å²) >= 11 is 0. The van der Waals surface area contributed by atoms with Crippen molar-refractivity contribution in [2.75, 3.05) is 24.1 Å². The van der Waals surface area contributed by atoms with E-state index in [0.29, 0.717) is 43.1 Å². The van der Waals surface area contributed by atoms with Crippen LogP contribution in [0.15, 0.2) is 97.1 Å². The molecule has 6 rings (SSSR count). The largest absolute Gasteiger partial charge is 0.485 e. The van der Waals surface area contributed by atoms with E-state index < -0.39 is 58.9 Å². The Kier molecular flexibility index (Phi) is 15.0. The zero-order valence-corrected chi connectivity index (χ0v) is 39.3. The van der Waals surface area contributed by atoms with Crippen molar-refractivity contribution in [3.05, 3.63) is 119 Å². The number of nitrogen functional groups attached to an aromatic ring is 1. The van der Waals surface area contributed by atoms with Gasteiger partial charge in [0.25, 0.3) is 0 Å². The predicted octanol–water partition coefficient (Wildman–Crippen LogP) is 9.88. The van der Waals surface area contributed by atoms with Crippen LogP contribution in [0.3, 0.4) is 0 Å². The molecule has 0 radical (unpaired) electrons. The Labute approximate surface area is 374 Å². The Morgan fingerprint density at radius 2 is 1.06 bits per heavy atom. The van der Waals surface area contributed by atoms with Crippen molar-refractivity contribution in [2.24, 2.45) is 0 Å². The Morgan fingerprint density at radius 1 is 0.667 bits per heavy atom. The average Bonchev–Trinajstić information content (AvgIpc) is 3.17. The summed E-state index contributed by atoms with van der Waals surface area (Å²) in [5.41, 5.74) is 8.06. The van der Waals surface area contributed by atoms with E-state index in [1.54, 1.807) is 35.8 Å². The highest BCUT2D eigenvalue weighted by molar-refractivity contribution is 5.71. The lowest BCUT2D eigenvalue weighted by Crippen LogP contribution is -2.55. The first kappa shape index (κ1) is 48.6. The second-order valence-corrected chi connectivity index (χ2v) is 19.9. The molecule has 0 spiro atoms. The molecule has 2 heterocycles. The minimum absolute atomic E-state index is 0.269. The molecular formula is C51H70N4O8. The first-order chi connectivity index (χ1) is 29.3. The molecule has 4 atom stereocenters. The number of aliphatic hydroxyl groups is 2. The molecule has 0 aliphatic carbocycles. The first-order valence-electron chi connectivity index (χ1n) is 22.0. The molecule has 4 aromatic rings. The van der Waals surface area contributed by atoms with Gasteiger partial charge in [0.05, 0.1) is 12.1 Å². The summed E-state index contributed by atoms with van der Waals surface area (Å²) in [5, 5.41) is 26.0. The predicted molar refractivity (Wildman–Crippen MR) is 249 cm³/mol. The summed E-state index contributed by atoms with van der Waals surface area (Å²) in [6, 6.07) is 30.1. The quantitative estimate of drug-likeness (QED) is 0.113. The molecular weight excluding hydrogens is 797 g/mol. The van der Waals surface area contributed by atoms with E-state index in [1.807, 2.05) is 140 Å². The fourth-order valence-corrected chi connectivity index (χ4v) is 7.76. The van der Waals surface area contributed by atoms with Gasteiger partial charge >= 0.3 is 12.2 Å². The molecule has 0 unspecified atom stereocenters. The average molecular weight is 867 g/mol. The third kappa shape index (κ3) is 12.8. The SMILES string of the molecule is CC(C)(C)OC(=O)N(CCc1ccccc1)[C@H]1c2ccc(N)cc2OC(C)(C)[C@@H]1O.CC(C)Nc1ccc2c(c1)OC(C)(C)[C@H](O)[C@H]2N(CCc1ccccc1)C(=O)OC(C)(C)C. The normalized spacial score (nSPS) is 19.7. The van der Waals surface area contributed by atoms with Crippen molar-refractivity contribution in [1.82, 2.24) is 9.80 Å². The highest BCUT2D eigenvalue weighted by Crippen LogP contribution is 2.46. The van der Waals surface area contributed by atoms with Crippen LogP contribution in [0.5, 0.6) is 11.5 Å². The van der Waals surface area contributed by atoms with Crippen molar-refractivity contribution in [3.63, 3.8) is 0 Å². The molecule has 342 valence electrons. The Balaban J connectivity index is 0.000000239. The molecule has 0 saturated carbocycles. The third-order valence-corrected chi connectivity index (χ3v) is 10.8. The summed E-state index contributed by atoms with van der Waals surface area (Å²) in [4.78, 5) is 29.9. The summed E-state index contributed by atoms with van der Waals surface area (Å²) in [6.07, 6.45) is -1.52. The molecule has 0 aromatic heterocycles. The second-order valence-electron chi connectivity index (χ2n) is 19.9. The molecule has 2 amide bonds. The zero-order chi connectivity index (χ0) is 46.5. The van der Waals surface area contributed by atoms with E-state index >= 15 is 0 Å². The standard InChI is InChI=1S/C27H38N2O4.C24H32N2O4/c1-18(2)28-20-13-14-21-22(17-20)32-27(6,7)24(30)23(21)29(25(31)33-26(3,4)5)16-15-19-11-9-8-10-12-19;1-23(2,3)30-22(28)26(14-13-16-9-7-6-8-10-16)20-18-12-11-17(25)15-19(18)29-24(4,5)21(20)27/h8-14,17-18,23-24,28,30H,15-16H2,1-7H3;6-12,15,20-21,27H,13-14,25H2,1-5H3/t23-,24+;20-,21+/m00/s1. The number of nitrogens with zero attached hydrogens (tertiary/aromatic N) is 2. The van der Waals surface area contributed by atoms with Crippen molar-refractivity contribution in [1.29, 1.82) is 0 Å². The van der Waals surface area contributed by atoms with Gasteiger partial charge in [-0.3, -0.25) is 9.80 Å². The van der Waals surface area contributed by atoms with Crippen LogP contribution in [-0.2, 0) is 22.3 Å². The highest BCUT2D eigenvalue weighted by Gasteiger charge is 2.49. The van der Waals surface area contributed by atoms with E-state index in [0.717, 1.165) is 27.9 Å². The van der Waals surface area contributed by atoms with Gasteiger partial charge in [-0.1, -0.05) is 72.8 Å². The molecule has 4 aromatic carbocycles. The fourth-order valence-electron chi connectivity index (χ4n) is 7.76. The molecule has 12 nitrogen and oxygen atoms in total. The molecule has 0 bridgehead atoms. The van der Waals surface area contributed by atoms with Crippen LogP contribution in [0, 0.1) is 0 Å². The fraction of sp³-hybridized carbons (Fsp3) is 0.490. The maximum Gasteiger partial charge on any atom is 0.410 e. The van der Waals surface area contributed by atoms with Crippen LogP contribution in [0.1, 0.15) is 117 Å². The summed E-state index contributed by atoms with van der Waals surface area (Å²) in [7, 11) is 0. The van der Waals surface area contributed by atoms with Gasteiger partial charge in [-0.05, 0) is 119 Å². The Bertz CT molecular complexity index is 2150. The number of benzene rings is 4. The number of nitrogens with one attached hydrogen (secondary N) is 1. The molecule has 0 fully saturated rings. The lowest BCUT2D eigenvalue weighted by molar-refractivity contribution is -0.0939. The van der Waals surface area contributed by atoms with Crippen LogP contribution in [-0.4, -0.2) is 85.9 Å². The number of hydrogen-bond acceptors (Lipinski definition) is 10. The van der Waals surface area contributed by atoms with Crippen molar-refractivity contribution in [2.45, 2.75) is 149 Å². The monoisotopic (exact) mass is 867 g/mol. The van der Waals surface area contributed by atoms with Crippen molar-refractivity contribution >= 4 is 23.6 Å². The number of amides is 2. The van der Waals surface area contributed by atoms with E-state index in [9.17, 15) is 19.8 Å². The summed E-state index contributed by atoms with van der Waals surface area (Å²) in [5.74, 6) is 1.23. The van der Waals surface area contributed by atoms with Gasteiger partial charge in [-0.15, -0.1) is 0 Å². The van der Waals surface area contributed by atoms with Crippen LogP contribution in [0.2, 0.25) is 0 Å². The number of ether oxygens (including phenoxy) is 4. The van der Waals surface area contributed by atoms with Gasteiger partial charge in [0.2, 0.25) is 0 Å².